The van der Waals surface area contributed by atoms with E-state index < -0.39 is 11.9 Å². The Labute approximate surface area is 177 Å². The number of methoxy groups -OCH3 is 1. The highest BCUT2D eigenvalue weighted by atomic mass is 32.2. The van der Waals surface area contributed by atoms with Crippen molar-refractivity contribution >= 4 is 35.1 Å². The van der Waals surface area contributed by atoms with Crippen LogP contribution in [0, 0.1) is 0 Å². The number of carbonyl (C=O) groups excluding carboxylic acids is 2. The van der Waals surface area contributed by atoms with E-state index >= 15 is 0 Å². The summed E-state index contributed by atoms with van der Waals surface area (Å²) >= 11 is 1.39. The van der Waals surface area contributed by atoms with Gasteiger partial charge in [-0.05, 0) is 48.5 Å². The number of aromatic carboxylic acids is 1. The monoisotopic (exact) mass is 421 g/mol. The van der Waals surface area contributed by atoms with Crippen molar-refractivity contribution in [2.75, 3.05) is 18.2 Å². The minimum atomic E-state index is -1.16. The number of hydrogen-bond acceptors (Lipinski definition) is 5. The summed E-state index contributed by atoms with van der Waals surface area (Å²) in [5, 5.41) is 11.9. The SMILES string of the molecule is COc1cccc(C(=O)CSc2ccc(NC(=O)c3ccccc3C(=O)O)cc2)c1. The smallest absolute Gasteiger partial charge is 0.336 e. The fourth-order valence-electron chi connectivity index (χ4n) is 2.73. The first kappa shape index (κ1) is 21.1. The third kappa shape index (κ3) is 5.27. The maximum absolute atomic E-state index is 12.4. The second-order valence-corrected chi connectivity index (χ2v) is 7.32. The van der Waals surface area contributed by atoms with Crippen LogP contribution in [0.15, 0.2) is 77.7 Å². The molecule has 0 aliphatic carbocycles. The molecule has 0 atom stereocenters. The highest BCUT2D eigenvalue weighted by molar-refractivity contribution is 8.00. The number of amides is 1. The molecule has 3 aromatic carbocycles. The van der Waals surface area contributed by atoms with Gasteiger partial charge in [-0.1, -0.05) is 24.3 Å². The van der Waals surface area contributed by atoms with Gasteiger partial charge in [-0.15, -0.1) is 11.8 Å². The lowest BCUT2D eigenvalue weighted by molar-refractivity contribution is 0.0692. The lowest BCUT2D eigenvalue weighted by Gasteiger charge is -2.09. The molecule has 0 bridgehead atoms. The zero-order valence-corrected chi connectivity index (χ0v) is 16.9. The van der Waals surface area contributed by atoms with E-state index in [0.29, 0.717) is 17.0 Å². The Morgan fingerprint density at radius 2 is 1.63 bits per heavy atom. The van der Waals surface area contributed by atoms with E-state index in [0.717, 1.165) is 4.90 Å². The van der Waals surface area contributed by atoms with Crippen molar-refractivity contribution in [1.82, 2.24) is 0 Å². The molecule has 0 aliphatic rings. The Morgan fingerprint density at radius 1 is 0.933 bits per heavy atom. The summed E-state index contributed by atoms with van der Waals surface area (Å²) in [6.07, 6.45) is 0. The third-order valence-corrected chi connectivity index (χ3v) is 5.29. The highest BCUT2D eigenvalue weighted by Gasteiger charge is 2.16. The number of carboxylic acids is 1. The van der Waals surface area contributed by atoms with E-state index in [1.807, 2.05) is 0 Å². The summed E-state index contributed by atoms with van der Waals surface area (Å²) in [5.41, 5.74) is 1.15. The summed E-state index contributed by atoms with van der Waals surface area (Å²) in [7, 11) is 1.55. The first-order valence-electron chi connectivity index (χ1n) is 9.01. The highest BCUT2D eigenvalue weighted by Crippen LogP contribution is 2.23. The second kappa shape index (κ2) is 9.76. The zero-order valence-electron chi connectivity index (χ0n) is 16.1. The van der Waals surface area contributed by atoms with Gasteiger partial charge < -0.3 is 15.2 Å². The molecule has 152 valence electrons. The van der Waals surface area contributed by atoms with Crippen molar-refractivity contribution in [3.05, 3.63) is 89.5 Å². The van der Waals surface area contributed by atoms with Gasteiger partial charge >= 0.3 is 5.97 Å². The van der Waals surface area contributed by atoms with E-state index in [4.69, 9.17) is 4.74 Å². The maximum atomic E-state index is 12.4. The van der Waals surface area contributed by atoms with Crippen molar-refractivity contribution < 1.29 is 24.2 Å². The number of thioether (sulfide) groups is 1. The van der Waals surface area contributed by atoms with Crippen molar-refractivity contribution in [1.29, 1.82) is 0 Å². The number of benzene rings is 3. The minimum absolute atomic E-state index is 0.0124. The molecule has 3 rings (SSSR count). The Hall–Kier alpha value is -3.58. The lowest BCUT2D eigenvalue weighted by Crippen LogP contribution is -2.16. The number of carbonyl (C=O) groups is 3. The Bertz CT molecular complexity index is 1080. The van der Waals surface area contributed by atoms with Gasteiger partial charge in [0, 0.05) is 16.1 Å². The number of anilines is 1. The number of ketones is 1. The molecule has 3 aromatic rings. The predicted molar refractivity (Wildman–Crippen MR) is 116 cm³/mol. The largest absolute Gasteiger partial charge is 0.497 e. The Morgan fingerprint density at radius 3 is 2.30 bits per heavy atom. The average Bonchev–Trinajstić information content (AvgIpc) is 2.78. The lowest BCUT2D eigenvalue weighted by atomic mass is 10.1. The Balaban J connectivity index is 1.60. The van der Waals surface area contributed by atoms with Crippen LogP contribution < -0.4 is 10.1 Å². The quantitative estimate of drug-likeness (QED) is 0.407. The van der Waals surface area contributed by atoms with E-state index in [1.165, 1.54) is 23.9 Å². The van der Waals surface area contributed by atoms with Crippen LogP contribution in [0.4, 0.5) is 5.69 Å². The number of rotatable bonds is 8. The molecular formula is C23H19NO5S. The molecule has 0 radical (unpaired) electrons. The van der Waals surface area contributed by atoms with Crippen molar-refractivity contribution in [2.45, 2.75) is 4.90 Å². The molecule has 0 saturated heterocycles. The van der Waals surface area contributed by atoms with Gasteiger partial charge in [0.25, 0.3) is 5.91 Å². The molecule has 30 heavy (non-hydrogen) atoms. The van der Waals surface area contributed by atoms with Crippen LogP contribution in [0.5, 0.6) is 5.75 Å². The molecule has 1 amide bonds. The predicted octanol–water partition coefficient (Wildman–Crippen LogP) is 4.62. The fraction of sp³-hybridized carbons (Fsp3) is 0.0870. The minimum Gasteiger partial charge on any atom is -0.497 e. The Kier molecular flexibility index (Phi) is 6.87. The standard InChI is InChI=1S/C23H19NO5S/c1-29-17-6-4-5-15(13-17)21(25)14-30-18-11-9-16(10-12-18)24-22(26)19-7-2-3-8-20(19)23(27)28/h2-13H,14H2,1H3,(H,24,26)(H,27,28). The number of nitrogens with one attached hydrogen (secondary N) is 1. The van der Waals surface area contributed by atoms with Gasteiger partial charge in [0.1, 0.15) is 5.75 Å². The third-order valence-electron chi connectivity index (χ3n) is 4.28. The van der Waals surface area contributed by atoms with Crippen LogP contribution in [0.25, 0.3) is 0 Å². The van der Waals surface area contributed by atoms with E-state index in [2.05, 4.69) is 5.32 Å². The number of ether oxygens (including phenoxy) is 1. The fourth-order valence-corrected chi connectivity index (χ4v) is 3.52. The van der Waals surface area contributed by atoms with Gasteiger partial charge in [0.2, 0.25) is 0 Å². The summed E-state index contributed by atoms with van der Waals surface area (Å²) in [6.45, 7) is 0. The summed E-state index contributed by atoms with van der Waals surface area (Å²) in [4.78, 5) is 36.9. The number of hydrogen-bond donors (Lipinski definition) is 2. The summed E-state index contributed by atoms with van der Waals surface area (Å²) < 4.78 is 5.14. The topological polar surface area (TPSA) is 92.7 Å². The summed E-state index contributed by atoms with van der Waals surface area (Å²) in [6, 6.07) is 20.0. The van der Waals surface area contributed by atoms with Crippen molar-refractivity contribution in [3.63, 3.8) is 0 Å². The van der Waals surface area contributed by atoms with Crippen LogP contribution in [-0.2, 0) is 0 Å². The molecule has 2 N–H and O–H groups in total. The van der Waals surface area contributed by atoms with Gasteiger partial charge in [0.05, 0.1) is 24.0 Å². The maximum Gasteiger partial charge on any atom is 0.336 e. The van der Waals surface area contributed by atoms with Gasteiger partial charge in [-0.2, -0.15) is 0 Å². The van der Waals surface area contributed by atoms with Gasteiger partial charge in [-0.25, -0.2) is 4.79 Å². The molecule has 0 fully saturated rings. The van der Waals surface area contributed by atoms with Crippen LogP contribution in [0.1, 0.15) is 31.1 Å². The van der Waals surface area contributed by atoms with E-state index in [-0.39, 0.29) is 22.7 Å². The van der Waals surface area contributed by atoms with Gasteiger partial charge in [-0.3, -0.25) is 9.59 Å². The normalized spacial score (nSPS) is 10.3. The van der Waals surface area contributed by atoms with Crippen LogP contribution >= 0.6 is 11.8 Å². The molecule has 0 unspecified atom stereocenters. The first-order chi connectivity index (χ1) is 14.5. The second-order valence-electron chi connectivity index (χ2n) is 6.27. The molecular weight excluding hydrogens is 402 g/mol. The number of carboxylic acid groups (broad SMARTS) is 1. The molecule has 0 aromatic heterocycles. The molecule has 0 heterocycles. The van der Waals surface area contributed by atoms with Gasteiger partial charge in [0.15, 0.2) is 5.78 Å². The molecule has 0 spiro atoms. The molecule has 0 saturated carbocycles. The average molecular weight is 421 g/mol. The summed E-state index contributed by atoms with van der Waals surface area (Å²) in [5.74, 6) is -0.767. The van der Waals surface area contributed by atoms with Crippen molar-refractivity contribution in [2.24, 2.45) is 0 Å². The van der Waals surface area contributed by atoms with Crippen LogP contribution in [0.2, 0.25) is 0 Å². The van der Waals surface area contributed by atoms with E-state index in [1.54, 1.807) is 67.8 Å². The van der Waals surface area contributed by atoms with E-state index in [9.17, 15) is 19.5 Å². The van der Waals surface area contributed by atoms with Crippen molar-refractivity contribution in [3.8, 4) is 5.75 Å². The molecule has 7 heteroatoms. The number of Topliss-reactive ketones (excluding diaryl/α,β-unsaturated/α-hetero) is 1. The molecule has 0 aliphatic heterocycles. The van der Waals surface area contributed by atoms with Crippen LogP contribution in [-0.4, -0.2) is 35.6 Å². The zero-order chi connectivity index (χ0) is 21.5. The first-order valence-corrected chi connectivity index (χ1v) is 10.0. The molecule has 6 nitrogen and oxygen atoms in total. The van der Waals surface area contributed by atoms with Crippen LogP contribution in [0.3, 0.4) is 0 Å².